The zero-order valence-corrected chi connectivity index (χ0v) is 12.3. The smallest absolute Gasteiger partial charge is 0.271 e. The van der Waals surface area contributed by atoms with Crippen molar-refractivity contribution in [1.82, 2.24) is 0 Å². The number of nitrogens with two attached hydrogens (primary N) is 1. The Bertz CT molecular complexity index is 491. The molecule has 19 heavy (non-hydrogen) atoms. The van der Waals surface area contributed by atoms with E-state index in [1.807, 2.05) is 13.8 Å². The van der Waals surface area contributed by atoms with Gasteiger partial charge in [0.05, 0.1) is 16.7 Å². The molecule has 0 unspecified atom stereocenters. The van der Waals surface area contributed by atoms with Crippen LogP contribution in [0.2, 0.25) is 0 Å². The minimum Gasteiger partial charge on any atom is -0.323 e. The van der Waals surface area contributed by atoms with Crippen LogP contribution in [0, 0.1) is 16.0 Å². The molecule has 0 radical (unpaired) electrons. The van der Waals surface area contributed by atoms with Gasteiger partial charge in [0.15, 0.2) is 0 Å². The van der Waals surface area contributed by atoms with E-state index in [9.17, 15) is 14.9 Å². The second kappa shape index (κ2) is 6.63. The Labute approximate surface area is 119 Å². The number of carbonyl (C=O) groups is 1. The van der Waals surface area contributed by atoms with Crippen LogP contribution in [0.1, 0.15) is 20.3 Å². The Balaban J connectivity index is 2.84. The average Bonchev–Trinajstić information content (AvgIpc) is 2.30. The first-order chi connectivity index (χ1) is 8.81. The molecule has 0 aliphatic rings. The maximum atomic E-state index is 11.9. The molecule has 0 aromatic heterocycles. The summed E-state index contributed by atoms with van der Waals surface area (Å²) in [5.41, 5.74) is 6.01. The summed E-state index contributed by atoms with van der Waals surface area (Å²) >= 11 is 3.23. The summed E-state index contributed by atoms with van der Waals surface area (Å²) in [7, 11) is 0. The number of nitrogens with one attached hydrogen (secondary N) is 1. The summed E-state index contributed by atoms with van der Waals surface area (Å²) in [5.74, 6) is -0.0517. The highest BCUT2D eigenvalue weighted by Crippen LogP contribution is 2.27. The molecule has 104 valence electrons. The zero-order chi connectivity index (χ0) is 14.6. The molecule has 7 heteroatoms. The van der Waals surface area contributed by atoms with Crippen molar-refractivity contribution >= 4 is 33.2 Å². The number of anilines is 1. The molecule has 0 bridgehead atoms. The van der Waals surface area contributed by atoms with Crippen LogP contribution >= 0.6 is 15.9 Å². The normalized spacial score (nSPS) is 12.3. The minimum atomic E-state index is -0.633. The third-order valence-corrected chi connectivity index (χ3v) is 3.17. The fourth-order valence-corrected chi connectivity index (χ4v) is 1.91. The molecule has 3 N–H and O–H groups in total. The van der Waals surface area contributed by atoms with E-state index in [0.29, 0.717) is 22.5 Å². The molecule has 0 aliphatic carbocycles. The van der Waals surface area contributed by atoms with Gasteiger partial charge in [-0.05, 0) is 34.3 Å². The average molecular weight is 330 g/mol. The second-order valence-electron chi connectivity index (χ2n) is 4.65. The van der Waals surface area contributed by atoms with Crippen molar-refractivity contribution in [2.45, 2.75) is 26.3 Å². The highest BCUT2D eigenvalue weighted by Gasteiger charge is 2.17. The molecule has 0 aliphatic heterocycles. The standard InChI is InChI=1S/C12H16BrN3O3/c1-7(2)5-10(14)12(17)15-11-6-8(16(18)19)3-4-9(11)13/h3-4,6-7,10H,5,14H2,1-2H3,(H,15,17)/t10-/m0/s1. The van der Waals surface area contributed by atoms with Crippen molar-refractivity contribution in [3.8, 4) is 0 Å². The monoisotopic (exact) mass is 329 g/mol. The highest BCUT2D eigenvalue weighted by atomic mass is 79.9. The Morgan fingerprint density at radius 3 is 2.68 bits per heavy atom. The number of carbonyl (C=O) groups excluding carboxylic acids is 1. The van der Waals surface area contributed by atoms with Crippen LogP contribution in [0.25, 0.3) is 0 Å². The fraction of sp³-hybridized carbons (Fsp3) is 0.417. The summed E-state index contributed by atoms with van der Waals surface area (Å²) in [4.78, 5) is 22.0. The number of nitro benzene ring substituents is 1. The van der Waals surface area contributed by atoms with E-state index in [1.165, 1.54) is 18.2 Å². The second-order valence-corrected chi connectivity index (χ2v) is 5.50. The lowest BCUT2D eigenvalue weighted by Crippen LogP contribution is -2.36. The van der Waals surface area contributed by atoms with E-state index < -0.39 is 11.0 Å². The first-order valence-corrected chi connectivity index (χ1v) is 6.61. The van der Waals surface area contributed by atoms with Crippen LogP contribution in [-0.4, -0.2) is 16.9 Å². The van der Waals surface area contributed by atoms with Crippen LogP contribution in [-0.2, 0) is 4.79 Å². The maximum absolute atomic E-state index is 11.9. The molecule has 0 fully saturated rings. The van der Waals surface area contributed by atoms with Crippen LogP contribution in [0.4, 0.5) is 11.4 Å². The third kappa shape index (κ3) is 4.60. The van der Waals surface area contributed by atoms with Gasteiger partial charge in [0, 0.05) is 16.6 Å². The van der Waals surface area contributed by atoms with Gasteiger partial charge >= 0.3 is 0 Å². The van der Waals surface area contributed by atoms with E-state index in [0.717, 1.165) is 0 Å². The van der Waals surface area contributed by atoms with Crippen LogP contribution in [0.3, 0.4) is 0 Å². The molecule has 0 saturated heterocycles. The van der Waals surface area contributed by atoms with E-state index in [-0.39, 0.29) is 11.6 Å². The molecular weight excluding hydrogens is 314 g/mol. The van der Waals surface area contributed by atoms with Gasteiger partial charge < -0.3 is 11.1 Å². The van der Waals surface area contributed by atoms with Crippen LogP contribution in [0.15, 0.2) is 22.7 Å². The molecule has 1 aromatic carbocycles. The molecule has 1 amide bonds. The van der Waals surface area contributed by atoms with Gasteiger partial charge in [0.1, 0.15) is 0 Å². The predicted molar refractivity (Wildman–Crippen MR) is 76.9 cm³/mol. The Hall–Kier alpha value is -1.47. The third-order valence-electron chi connectivity index (χ3n) is 2.48. The van der Waals surface area contributed by atoms with Gasteiger partial charge in [-0.2, -0.15) is 0 Å². The largest absolute Gasteiger partial charge is 0.323 e. The molecule has 1 rings (SSSR count). The topological polar surface area (TPSA) is 98.3 Å². The quantitative estimate of drug-likeness (QED) is 0.640. The zero-order valence-electron chi connectivity index (χ0n) is 10.7. The first-order valence-electron chi connectivity index (χ1n) is 5.81. The van der Waals surface area contributed by atoms with Crippen molar-refractivity contribution in [2.75, 3.05) is 5.32 Å². The molecule has 0 spiro atoms. The van der Waals surface area contributed by atoms with Crippen molar-refractivity contribution in [1.29, 1.82) is 0 Å². The van der Waals surface area contributed by atoms with Crippen molar-refractivity contribution < 1.29 is 9.72 Å². The molecular formula is C12H16BrN3O3. The number of hydrogen-bond donors (Lipinski definition) is 2. The van der Waals surface area contributed by atoms with Gasteiger partial charge in [-0.3, -0.25) is 14.9 Å². The van der Waals surface area contributed by atoms with Crippen molar-refractivity contribution in [3.63, 3.8) is 0 Å². The molecule has 6 nitrogen and oxygen atoms in total. The Morgan fingerprint density at radius 1 is 1.53 bits per heavy atom. The molecule has 1 atom stereocenters. The summed E-state index contributed by atoms with van der Waals surface area (Å²) < 4.78 is 0.572. The van der Waals surface area contributed by atoms with E-state index >= 15 is 0 Å². The number of amides is 1. The summed E-state index contributed by atoms with van der Waals surface area (Å²) in [6.07, 6.45) is 0.554. The summed E-state index contributed by atoms with van der Waals surface area (Å²) in [5, 5.41) is 13.3. The van der Waals surface area contributed by atoms with Gasteiger partial charge in [0.25, 0.3) is 5.69 Å². The number of nitrogens with zero attached hydrogens (tertiary/aromatic N) is 1. The Morgan fingerprint density at radius 2 is 2.16 bits per heavy atom. The molecule has 0 saturated carbocycles. The SMILES string of the molecule is CC(C)C[C@H](N)C(=O)Nc1cc([N+](=O)[O-])ccc1Br. The molecule has 0 heterocycles. The predicted octanol–water partition coefficient (Wildman–Crippen LogP) is 2.67. The number of non-ortho nitro benzene ring substituents is 1. The highest BCUT2D eigenvalue weighted by molar-refractivity contribution is 9.10. The van der Waals surface area contributed by atoms with E-state index in [4.69, 9.17) is 5.73 Å². The minimum absolute atomic E-state index is 0.0871. The fourth-order valence-electron chi connectivity index (χ4n) is 1.56. The summed E-state index contributed by atoms with van der Waals surface area (Å²) in [6.45, 7) is 3.94. The maximum Gasteiger partial charge on any atom is 0.271 e. The van der Waals surface area contributed by atoms with Crippen molar-refractivity contribution in [2.24, 2.45) is 11.7 Å². The molecule has 1 aromatic rings. The number of benzene rings is 1. The Kier molecular flexibility index (Phi) is 5.44. The van der Waals surface area contributed by atoms with Crippen molar-refractivity contribution in [3.05, 3.63) is 32.8 Å². The van der Waals surface area contributed by atoms with Gasteiger partial charge in [-0.1, -0.05) is 13.8 Å². The van der Waals surface area contributed by atoms with Crippen LogP contribution < -0.4 is 11.1 Å². The van der Waals surface area contributed by atoms with Gasteiger partial charge in [0.2, 0.25) is 5.91 Å². The lowest BCUT2D eigenvalue weighted by molar-refractivity contribution is -0.384. The van der Waals surface area contributed by atoms with E-state index in [2.05, 4.69) is 21.2 Å². The van der Waals surface area contributed by atoms with Gasteiger partial charge in [-0.15, -0.1) is 0 Å². The van der Waals surface area contributed by atoms with E-state index in [1.54, 1.807) is 0 Å². The van der Waals surface area contributed by atoms with Crippen LogP contribution in [0.5, 0.6) is 0 Å². The lowest BCUT2D eigenvalue weighted by Gasteiger charge is -2.14. The number of rotatable bonds is 5. The lowest BCUT2D eigenvalue weighted by atomic mass is 10.0. The number of nitro groups is 1. The first kappa shape index (κ1) is 15.6. The number of halogens is 1. The van der Waals surface area contributed by atoms with Gasteiger partial charge in [-0.25, -0.2) is 0 Å². The summed E-state index contributed by atoms with van der Waals surface area (Å²) in [6, 6.07) is 3.53. The number of hydrogen-bond acceptors (Lipinski definition) is 4.